The van der Waals surface area contributed by atoms with Crippen molar-refractivity contribution < 1.29 is 14.4 Å². The van der Waals surface area contributed by atoms with Gasteiger partial charge in [0.2, 0.25) is 0 Å². The molecule has 6 nitrogen and oxygen atoms in total. The predicted octanol–water partition coefficient (Wildman–Crippen LogP) is 5.18. The second kappa shape index (κ2) is 9.93. The molecular formula is C22H22N2O4. The van der Waals surface area contributed by atoms with E-state index in [0.717, 1.165) is 11.1 Å². The van der Waals surface area contributed by atoms with Crippen LogP contribution in [0.4, 0.5) is 5.69 Å². The highest BCUT2D eigenvalue weighted by Gasteiger charge is 2.14. The van der Waals surface area contributed by atoms with Crippen LogP contribution in [0.1, 0.15) is 30.5 Å². The highest BCUT2D eigenvalue weighted by Crippen LogP contribution is 2.35. The van der Waals surface area contributed by atoms with Crippen molar-refractivity contribution in [3.8, 4) is 17.6 Å². The number of hydrogen-bond donors (Lipinski definition) is 0. The largest absolute Gasteiger partial charge is 0.490 e. The van der Waals surface area contributed by atoms with E-state index in [4.69, 9.17) is 9.47 Å². The zero-order chi connectivity index (χ0) is 20.5. The number of nitro benzene ring substituents is 1. The van der Waals surface area contributed by atoms with Gasteiger partial charge in [-0.05, 0) is 49.6 Å². The van der Waals surface area contributed by atoms with Crippen LogP contribution < -0.4 is 9.47 Å². The monoisotopic (exact) mass is 378 g/mol. The lowest BCUT2D eigenvalue weighted by molar-refractivity contribution is -0.384. The normalized spacial score (nSPS) is 10.8. The van der Waals surface area contributed by atoms with Gasteiger partial charge in [0, 0.05) is 17.7 Å². The fourth-order valence-electron chi connectivity index (χ4n) is 2.78. The van der Waals surface area contributed by atoms with Crippen molar-refractivity contribution in [2.24, 2.45) is 0 Å². The van der Waals surface area contributed by atoms with Crippen molar-refractivity contribution in [2.75, 3.05) is 13.2 Å². The number of nitrogens with zero attached hydrogens (tertiary/aromatic N) is 2. The Labute approximate surface area is 164 Å². The van der Waals surface area contributed by atoms with Gasteiger partial charge < -0.3 is 9.47 Å². The fraction of sp³-hybridized carbons (Fsp3) is 0.227. The molecule has 6 heteroatoms. The molecule has 0 atom stereocenters. The maximum absolute atomic E-state index is 11.0. The van der Waals surface area contributed by atoms with E-state index >= 15 is 0 Å². The second-order valence-corrected chi connectivity index (χ2v) is 5.84. The third-order valence-corrected chi connectivity index (χ3v) is 3.91. The van der Waals surface area contributed by atoms with Gasteiger partial charge in [0.1, 0.15) is 0 Å². The fourth-order valence-corrected chi connectivity index (χ4v) is 2.78. The molecule has 2 rings (SSSR count). The quantitative estimate of drug-likeness (QED) is 0.197. The molecule has 144 valence electrons. The number of nitro groups is 1. The first kappa shape index (κ1) is 20.7. The maximum atomic E-state index is 11.0. The van der Waals surface area contributed by atoms with Crippen LogP contribution in [0.15, 0.2) is 49.1 Å². The van der Waals surface area contributed by atoms with Crippen LogP contribution in [-0.4, -0.2) is 18.1 Å². The molecule has 0 aliphatic rings. The minimum absolute atomic E-state index is 0.0623. The van der Waals surface area contributed by atoms with Gasteiger partial charge in [-0.25, -0.2) is 0 Å². The second-order valence-electron chi connectivity index (χ2n) is 5.84. The summed E-state index contributed by atoms with van der Waals surface area (Å²) in [5, 5.41) is 20.6. The van der Waals surface area contributed by atoms with E-state index in [1.165, 1.54) is 12.1 Å². The van der Waals surface area contributed by atoms with Crippen LogP contribution >= 0.6 is 0 Å². The summed E-state index contributed by atoms with van der Waals surface area (Å²) in [5.41, 5.74) is 2.37. The number of allylic oxidation sites excluding steroid dienone is 2. The summed E-state index contributed by atoms with van der Waals surface area (Å²) in [6.45, 7) is 8.54. The van der Waals surface area contributed by atoms with Crippen molar-refractivity contribution in [1.29, 1.82) is 5.26 Å². The summed E-state index contributed by atoms with van der Waals surface area (Å²) >= 11 is 0. The molecule has 0 saturated carbocycles. The van der Waals surface area contributed by atoms with Crippen LogP contribution in [-0.2, 0) is 6.42 Å². The van der Waals surface area contributed by atoms with Gasteiger partial charge in [-0.1, -0.05) is 18.2 Å². The highest BCUT2D eigenvalue weighted by molar-refractivity contribution is 5.90. The standard InChI is InChI=1S/C22H22N2O4/c1-4-8-18-11-16(13-21(27-5-2)22(18)28-6-3)12-19(15-23)17-9-7-10-20(14-17)24(25)26/h4,7,9-14H,1,5-6,8H2,2-3H3/b19-12-. The number of nitriles is 1. The lowest BCUT2D eigenvalue weighted by Gasteiger charge is -2.16. The Balaban J connectivity index is 2.58. The predicted molar refractivity (Wildman–Crippen MR) is 109 cm³/mol. The van der Waals surface area contributed by atoms with E-state index < -0.39 is 4.92 Å². The SMILES string of the molecule is C=CCc1cc(/C=C(/C#N)c2cccc([N+](=O)[O-])c2)cc(OCC)c1OCC. The first-order valence-electron chi connectivity index (χ1n) is 8.94. The Hall–Kier alpha value is -3.59. The Kier molecular flexibility index (Phi) is 7.35. The summed E-state index contributed by atoms with van der Waals surface area (Å²) in [6, 6.07) is 11.8. The number of rotatable bonds is 9. The molecule has 28 heavy (non-hydrogen) atoms. The van der Waals surface area contributed by atoms with E-state index in [0.29, 0.717) is 42.3 Å². The van der Waals surface area contributed by atoms with E-state index in [1.807, 2.05) is 19.9 Å². The first-order valence-corrected chi connectivity index (χ1v) is 8.94. The van der Waals surface area contributed by atoms with Gasteiger partial charge in [0.25, 0.3) is 5.69 Å². The number of non-ortho nitro benzene ring substituents is 1. The van der Waals surface area contributed by atoms with Gasteiger partial charge in [-0.15, -0.1) is 6.58 Å². The van der Waals surface area contributed by atoms with E-state index in [9.17, 15) is 15.4 Å². The molecule has 0 spiro atoms. The Morgan fingerprint density at radius 3 is 2.61 bits per heavy atom. The molecule has 0 saturated heterocycles. The molecule has 0 radical (unpaired) electrons. The Bertz CT molecular complexity index is 942. The summed E-state index contributed by atoms with van der Waals surface area (Å²) in [7, 11) is 0. The minimum Gasteiger partial charge on any atom is -0.490 e. The molecular weight excluding hydrogens is 356 g/mol. The zero-order valence-electron chi connectivity index (χ0n) is 16.0. The Morgan fingerprint density at radius 2 is 2.00 bits per heavy atom. The van der Waals surface area contributed by atoms with Gasteiger partial charge in [0.15, 0.2) is 11.5 Å². The molecule has 0 unspecified atom stereocenters. The average Bonchev–Trinajstić information content (AvgIpc) is 2.69. The molecule has 0 amide bonds. The average molecular weight is 378 g/mol. The molecule has 0 N–H and O–H groups in total. The van der Waals surface area contributed by atoms with Crippen molar-refractivity contribution in [1.82, 2.24) is 0 Å². The van der Waals surface area contributed by atoms with Crippen molar-refractivity contribution in [3.63, 3.8) is 0 Å². The molecule has 2 aromatic rings. The van der Waals surface area contributed by atoms with Crippen LogP contribution in [0.2, 0.25) is 0 Å². The molecule has 0 heterocycles. The molecule has 0 fully saturated rings. The van der Waals surface area contributed by atoms with Crippen molar-refractivity contribution in [2.45, 2.75) is 20.3 Å². The summed E-state index contributed by atoms with van der Waals surface area (Å²) in [4.78, 5) is 10.5. The number of hydrogen-bond acceptors (Lipinski definition) is 5. The first-order chi connectivity index (χ1) is 13.5. The van der Waals surface area contributed by atoms with E-state index in [-0.39, 0.29) is 5.69 Å². The molecule has 0 aliphatic heterocycles. The topological polar surface area (TPSA) is 85.4 Å². The smallest absolute Gasteiger partial charge is 0.270 e. The van der Waals surface area contributed by atoms with Gasteiger partial charge in [0.05, 0.1) is 29.8 Å². The molecule has 0 aliphatic carbocycles. The van der Waals surface area contributed by atoms with Crippen LogP contribution in [0.25, 0.3) is 11.6 Å². The van der Waals surface area contributed by atoms with Crippen LogP contribution in [0.5, 0.6) is 11.5 Å². The lowest BCUT2D eigenvalue weighted by Crippen LogP contribution is -2.02. The lowest BCUT2D eigenvalue weighted by atomic mass is 10.0. The maximum Gasteiger partial charge on any atom is 0.270 e. The van der Waals surface area contributed by atoms with E-state index in [1.54, 1.807) is 30.4 Å². The van der Waals surface area contributed by atoms with E-state index in [2.05, 4.69) is 12.6 Å². The number of benzene rings is 2. The third kappa shape index (κ3) is 4.98. The third-order valence-electron chi connectivity index (χ3n) is 3.91. The zero-order valence-corrected chi connectivity index (χ0v) is 16.0. The van der Waals surface area contributed by atoms with Gasteiger partial charge in [-0.3, -0.25) is 10.1 Å². The highest BCUT2D eigenvalue weighted by atomic mass is 16.6. The number of ether oxygens (including phenoxy) is 2. The minimum atomic E-state index is -0.481. The molecule has 0 aromatic heterocycles. The summed E-state index contributed by atoms with van der Waals surface area (Å²) in [5.74, 6) is 1.25. The Morgan fingerprint density at radius 1 is 1.25 bits per heavy atom. The molecule has 0 bridgehead atoms. The summed E-state index contributed by atoms with van der Waals surface area (Å²) < 4.78 is 11.5. The summed E-state index contributed by atoms with van der Waals surface area (Å²) in [6.07, 6.45) is 4.03. The van der Waals surface area contributed by atoms with Crippen LogP contribution in [0, 0.1) is 21.4 Å². The van der Waals surface area contributed by atoms with Crippen molar-refractivity contribution >= 4 is 17.3 Å². The molecule has 2 aromatic carbocycles. The van der Waals surface area contributed by atoms with Gasteiger partial charge in [-0.2, -0.15) is 5.26 Å². The van der Waals surface area contributed by atoms with Crippen molar-refractivity contribution in [3.05, 3.63) is 75.9 Å². The van der Waals surface area contributed by atoms with Gasteiger partial charge >= 0.3 is 0 Å². The van der Waals surface area contributed by atoms with Crippen LogP contribution in [0.3, 0.4) is 0 Å².